The second-order valence-electron chi connectivity index (χ2n) is 5.07. The van der Waals surface area contributed by atoms with Gasteiger partial charge in [-0.05, 0) is 26.0 Å². The zero-order chi connectivity index (χ0) is 16.7. The minimum atomic E-state index is -3.63. The molecule has 0 spiro atoms. The Bertz CT molecular complexity index is 826. The van der Waals surface area contributed by atoms with E-state index < -0.39 is 21.0 Å². The van der Waals surface area contributed by atoms with Gasteiger partial charge in [0.05, 0.1) is 22.8 Å². The van der Waals surface area contributed by atoms with Crippen LogP contribution >= 0.6 is 0 Å². The topological polar surface area (TPSA) is 118 Å². The van der Waals surface area contributed by atoms with Gasteiger partial charge in [-0.3, -0.25) is 9.63 Å². The Kier molecular flexibility index (Phi) is 4.12. The van der Waals surface area contributed by atoms with Crippen LogP contribution in [0.2, 0.25) is 0 Å². The zero-order valence-corrected chi connectivity index (χ0v) is 13.6. The molecular formula is C13H18N4O4S. The van der Waals surface area contributed by atoms with E-state index in [1.54, 1.807) is 13.8 Å². The second-order valence-corrected chi connectivity index (χ2v) is 7.54. The molecule has 0 atom stereocenters. The quantitative estimate of drug-likeness (QED) is 0.808. The fraction of sp³-hybridized carbons (Fsp3) is 0.385. The Hall–Kier alpha value is -2.13. The number of nitrogens with zero attached hydrogens (tertiary/aromatic N) is 2. The van der Waals surface area contributed by atoms with Crippen molar-refractivity contribution < 1.29 is 18.0 Å². The van der Waals surface area contributed by atoms with Crippen LogP contribution < -0.4 is 5.73 Å². The molecular weight excluding hydrogens is 308 g/mol. The lowest BCUT2D eigenvalue weighted by molar-refractivity contribution is -0.0757. The Balaban J connectivity index is 2.76. The van der Waals surface area contributed by atoms with E-state index in [9.17, 15) is 13.2 Å². The molecule has 1 amide bonds. The third-order valence-electron chi connectivity index (χ3n) is 3.30. The van der Waals surface area contributed by atoms with Crippen LogP contribution in [0.5, 0.6) is 0 Å². The summed E-state index contributed by atoms with van der Waals surface area (Å²) in [6.45, 7) is 3.12. The van der Waals surface area contributed by atoms with Gasteiger partial charge in [0.25, 0.3) is 5.91 Å². The number of carbonyl (C=O) groups is 1. The first kappa shape index (κ1) is 16.2. The number of nitrogens with two attached hydrogens (primary N) is 1. The summed E-state index contributed by atoms with van der Waals surface area (Å²) in [4.78, 5) is 23.8. The number of fused-ring (bicyclic) bond motifs is 1. The number of nitrogen functional groups attached to an aromatic ring is 1. The number of hydrogen-bond donors (Lipinski definition) is 2. The lowest BCUT2D eigenvalue weighted by Gasteiger charge is -2.15. The van der Waals surface area contributed by atoms with Crippen LogP contribution in [0.25, 0.3) is 11.0 Å². The molecule has 1 aromatic heterocycles. The van der Waals surface area contributed by atoms with E-state index >= 15 is 0 Å². The number of benzene rings is 1. The van der Waals surface area contributed by atoms with E-state index in [1.165, 1.54) is 26.3 Å². The predicted octanol–water partition coefficient (Wildman–Crippen LogP) is 0.961. The smallest absolute Gasteiger partial charge is 0.277 e. The Labute approximate surface area is 128 Å². The Morgan fingerprint density at radius 2 is 2.05 bits per heavy atom. The highest BCUT2D eigenvalue weighted by Crippen LogP contribution is 2.27. The fourth-order valence-electron chi connectivity index (χ4n) is 1.96. The maximum Gasteiger partial charge on any atom is 0.277 e. The number of aromatic nitrogens is 2. The number of carbonyl (C=O) groups excluding carboxylic acids is 1. The molecule has 0 fully saturated rings. The molecule has 22 heavy (non-hydrogen) atoms. The van der Waals surface area contributed by atoms with E-state index in [0.717, 1.165) is 5.06 Å². The number of aromatic amines is 1. The van der Waals surface area contributed by atoms with Gasteiger partial charge in [-0.15, -0.1) is 0 Å². The van der Waals surface area contributed by atoms with Gasteiger partial charge in [-0.2, -0.15) is 0 Å². The predicted molar refractivity (Wildman–Crippen MR) is 81.9 cm³/mol. The molecule has 9 heteroatoms. The number of H-pyrrole nitrogens is 1. The van der Waals surface area contributed by atoms with Gasteiger partial charge in [-0.1, -0.05) is 0 Å². The Morgan fingerprint density at radius 3 is 2.59 bits per heavy atom. The van der Waals surface area contributed by atoms with Crippen molar-refractivity contribution in [3.63, 3.8) is 0 Å². The minimum absolute atomic E-state index is 0.0270. The zero-order valence-electron chi connectivity index (χ0n) is 12.7. The van der Waals surface area contributed by atoms with Gasteiger partial charge >= 0.3 is 0 Å². The van der Waals surface area contributed by atoms with E-state index in [4.69, 9.17) is 10.6 Å². The molecule has 0 saturated heterocycles. The van der Waals surface area contributed by atoms with Gasteiger partial charge in [0, 0.05) is 12.6 Å². The van der Waals surface area contributed by atoms with E-state index in [-0.39, 0.29) is 21.9 Å². The Morgan fingerprint density at radius 1 is 1.41 bits per heavy atom. The molecule has 8 nitrogen and oxygen atoms in total. The number of rotatable bonds is 4. The molecule has 0 aliphatic carbocycles. The molecule has 0 aliphatic rings. The van der Waals surface area contributed by atoms with Crippen LogP contribution in [0.15, 0.2) is 17.0 Å². The first-order valence-electron chi connectivity index (χ1n) is 6.53. The van der Waals surface area contributed by atoms with Gasteiger partial charge in [-0.25, -0.2) is 18.5 Å². The number of hydroxylamine groups is 2. The van der Waals surface area contributed by atoms with Crippen molar-refractivity contribution in [1.29, 1.82) is 0 Å². The molecule has 0 bridgehead atoms. The number of hydrogen-bond acceptors (Lipinski definition) is 6. The van der Waals surface area contributed by atoms with Crippen molar-refractivity contribution in [1.82, 2.24) is 15.0 Å². The van der Waals surface area contributed by atoms with Crippen molar-refractivity contribution in [2.24, 2.45) is 0 Å². The number of amides is 1. The van der Waals surface area contributed by atoms with Crippen molar-refractivity contribution in [2.75, 3.05) is 19.9 Å². The van der Waals surface area contributed by atoms with Crippen molar-refractivity contribution in [2.45, 2.75) is 24.0 Å². The fourth-order valence-corrected chi connectivity index (χ4v) is 3.19. The van der Waals surface area contributed by atoms with Gasteiger partial charge in [0.1, 0.15) is 5.52 Å². The van der Waals surface area contributed by atoms with Gasteiger partial charge in [0.15, 0.2) is 15.8 Å². The molecule has 1 aromatic carbocycles. The van der Waals surface area contributed by atoms with Crippen molar-refractivity contribution >= 4 is 32.7 Å². The molecule has 2 rings (SSSR count). The van der Waals surface area contributed by atoms with Gasteiger partial charge < -0.3 is 10.7 Å². The second kappa shape index (κ2) is 5.58. The van der Waals surface area contributed by atoms with E-state index in [1.807, 2.05) is 0 Å². The average molecular weight is 326 g/mol. The molecule has 2 aromatic rings. The third-order valence-corrected chi connectivity index (χ3v) is 5.47. The molecule has 0 radical (unpaired) electrons. The highest BCUT2D eigenvalue weighted by atomic mass is 32.2. The number of anilines is 1. The summed E-state index contributed by atoms with van der Waals surface area (Å²) in [7, 11) is -0.850. The summed E-state index contributed by atoms with van der Waals surface area (Å²) in [6, 6.07) is 2.80. The number of imidazole rings is 1. The normalized spacial score (nSPS) is 12.0. The molecule has 3 N–H and O–H groups in total. The highest BCUT2D eigenvalue weighted by Gasteiger charge is 2.26. The SMILES string of the molecule is CON(C)C(=O)c1cc(S(=O)(=O)C(C)C)c2nc(N)[nH]c2c1. The highest BCUT2D eigenvalue weighted by molar-refractivity contribution is 7.92. The summed E-state index contributed by atoms with van der Waals surface area (Å²) in [5.41, 5.74) is 6.38. The molecule has 120 valence electrons. The molecule has 0 saturated carbocycles. The third kappa shape index (κ3) is 2.64. The van der Waals surface area contributed by atoms with E-state index in [2.05, 4.69) is 9.97 Å². The van der Waals surface area contributed by atoms with Crippen LogP contribution in [-0.2, 0) is 14.7 Å². The summed E-state index contributed by atoms with van der Waals surface area (Å²) >= 11 is 0. The van der Waals surface area contributed by atoms with Gasteiger partial charge in [0.2, 0.25) is 0 Å². The maximum absolute atomic E-state index is 12.5. The van der Waals surface area contributed by atoms with Crippen LogP contribution in [0, 0.1) is 0 Å². The summed E-state index contributed by atoms with van der Waals surface area (Å²) in [5, 5.41) is 0.353. The minimum Gasteiger partial charge on any atom is -0.369 e. The summed E-state index contributed by atoms with van der Waals surface area (Å²) < 4.78 is 25.0. The largest absolute Gasteiger partial charge is 0.369 e. The van der Waals surface area contributed by atoms with E-state index in [0.29, 0.717) is 5.52 Å². The summed E-state index contributed by atoms with van der Waals surface area (Å²) in [5.74, 6) is -0.391. The van der Waals surface area contributed by atoms with Crippen LogP contribution in [0.1, 0.15) is 24.2 Å². The lowest BCUT2D eigenvalue weighted by Crippen LogP contribution is -2.26. The molecule has 0 aliphatic heterocycles. The molecule has 1 heterocycles. The van der Waals surface area contributed by atoms with Crippen molar-refractivity contribution in [3.8, 4) is 0 Å². The first-order chi connectivity index (χ1) is 10.2. The van der Waals surface area contributed by atoms with Crippen LogP contribution in [0.3, 0.4) is 0 Å². The number of sulfone groups is 1. The van der Waals surface area contributed by atoms with Crippen LogP contribution in [0.4, 0.5) is 5.95 Å². The van der Waals surface area contributed by atoms with Crippen LogP contribution in [-0.4, -0.2) is 48.8 Å². The average Bonchev–Trinajstić information content (AvgIpc) is 2.83. The first-order valence-corrected chi connectivity index (χ1v) is 8.08. The monoisotopic (exact) mass is 326 g/mol. The molecule has 0 unspecified atom stereocenters. The number of nitrogens with one attached hydrogen (secondary N) is 1. The lowest BCUT2D eigenvalue weighted by atomic mass is 10.2. The summed E-state index contributed by atoms with van der Waals surface area (Å²) in [6.07, 6.45) is 0. The standard InChI is InChI=1S/C13H18N4O4S/c1-7(2)22(19,20)10-6-8(12(18)17(3)21-4)5-9-11(10)16-13(14)15-9/h5-7H,1-4H3,(H3,14,15,16). The maximum atomic E-state index is 12.5. The van der Waals surface area contributed by atoms with Crippen molar-refractivity contribution in [3.05, 3.63) is 17.7 Å².